The van der Waals surface area contributed by atoms with Crippen LogP contribution in [0, 0.1) is 11.6 Å². The minimum absolute atomic E-state index is 0.0833. The molecule has 2 atom stereocenters. The summed E-state index contributed by atoms with van der Waals surface area (Å²) in [4.78, 5) is 11.1. The van der Waals surface area contributed by atoms with Gasteiger partial charge in [-0.05, 0) is 25.0 Å². The van der Waals surface area contributed by atoms with Gasteiger partial charge < -0.3 is 10.1 Å². The van der Waals surface area contributed by atoms with E-state index >= 15 is 0 Å². The van der Waals surface area contributed by atoms with Gasteiger partial charge in [0.25, 0.3) is 0 Å². The van der Waals surface area contributed by atoms with Gasteiger partial charge in [0.2, 0.25) is 0 Å². The molecule has 0 saturated heterocycles. The topological polar surface area (TPSA) is 38.3 Å². The number of rotatable bonds is 3. The molecule has 1 fully saturated rings. The summed E-state index contributed by atoms with van der Waals surface area (Å²) in [6.45, 7) is 2.01. The van der Waals surface area contributed by atoms with Crippen LogP contribution in [-0.2, 0) is 4.74 Å². The second kappa shape index (κ2) is 4.69. The summed E-state index contributed by atoms with van der Waals surface area (Å²) in [5.41, 5.74) is 0.438. The Hall–Kier alpha value is -1.65. The molecule has 1 aliphatic rings. The molecule has 0 aromatic heterocycles. The Morgan fingerprint density at radius 1 is 1.53 bits per heavy atom. The first kappa shape index (κ1) is 11.8. The summed E-state index contributed by atoms with van der Waals surface area (Å²) < 4.78 is 30.8. The van der Waals surface area contributed by atoms with E-state index in [1.165, 1.54) is 12.1 Å². The first-order valence-corrected chi connectivity index (χ1v) is 5.50. The van der Waals surface area contributed by atoms with E-state index in [2.05, 4.69) is 5.32 Å². The smallest absolute Gasteiger partial charge is 0.407 e. The number of hydrogen-bond donors (Lipinski definition) is 1. The maximum atomic E-state index is 13.4. The average molecular weight is 241 g/mol. The molecular formula is C12H13F2NO2. The van der Waals surface area contributed by atoms with Crippen LogP contribution in [0.25, 0.3) is 0 Å². The largest absolute Gasteiger partial charge is 0.450 e. The van der Waals surface area contributed by atoms with Crippen molar-refractivity contribution in [3.05, 3.63) is 35.4 Å². The van der Waals surface area contributed by atoms with Crippen molar-refractivity contribution in [3.63, 3.8) is 0 Å². The van der Waals surface area contributed by atoms with Crippen LogP contribution in [0.5, 0.6) is 0 Å². The zero-order chi connectivity index (χ0) is 12.4. The van der Waals surface area contributed by atoms with Crippen molar-refractivity contribution in [2.45, 2.75) is 25.3 Å². The Morgan fingerprint density at radius 3 is 2.94 bits per heavy atom. The third-order valence-electron chi connectivity index (χ3n) is 2.73. The molecule has 2 unspecified atom stereocenters. The van der Waals surface area contributed by atoms with Gasteiger partial charge in [-0.3, -0.25) is 0 Å². The quantitative estimate of drug-likeness (QED) is 0.883. The van der Waals surface area contributed by atoms with Crippen molar-refractivity contribution < 1.29 is 18.3 Å². The van der Waals surface area contributed by atoms with E-state index in [9.17, 15) is 13.6 Å². The third kappa shape index (κ3) is 2.72. The van der Waals surface area contributed by atoms with E-state index < -0.39 is 17.7 Å². The van der Waals surface area contributed by atoms with Gasteiger partial charge in [-0.1, -0.05) is 6.07 Å². The van der Waals surface area contributed by atoms with Crippen molar-refractivity contribution in [1.29, 1.82) is 0 Å². The molecule has 5 heteroatoms. The Labute approximate surface area is 97.8 Å². The second-order valence-electron chi connectivity index (χ2n) is 3.98. The van der Waals surface area contributed by atoms with Gasteiger partial charge in [0.15, 0.2) is 0 Å². The minimum atomic E-state index is -0.596. The number of carbonyl (C=O) groups is 1. The highest BCUT2D eigenvalue weighted by Gasteiger charge is 2.41. The fraction of sp³-hybridized carbons (Fsp3) is 0.417. The lowest BCUT2D eigenvalue weighted by Gasteiger charge is -2.05. The molecule has 1 aliphatic carbocycles. The summed E-state index contributed by atoms with van der Waals surface area (Å²) in [5, 5.41) is 2.62. The number of amides is 1. The van der Waals surface area contributed by atoms with Crippen LogP contribution in [0.2, 0.25) is 0 Å². The fourth-order valence-electron chi connectivity index (χ4n) is 1.82. The maximum Gasteiger partial charge on any atom is 0.407 e. The molecule has 0 bridgehead atoms. The van der Waals surface area contributed by atoms with Gasteiger partial charge in [-0.25, -0.2) is 13.6 Å². The Balaban J connectivity index is 1.96. The van der Waals surface area contributed by atoms with E-state index in [0.29, 0.717) is 18.6 Å². The monoisotopic (exact) mass is 241 g/mol. The zero-order valence-corrected chi connectivity index (χ0v) is 9.37. The Morgan fingerprint density at radius 2 is 2.29 bits per heavy atom. The molecule has 92 valence electrons. The minimum Gasteiger partial charge on any atom is -0.450 e. The number of alkyl carbamates (subject to hydrolysis) is 1. The van der Waals surface area contributed by atoms with Crippen LogP contribution in [-0.4, -0.2) is 18.7 Å². The predicted octanol–water partition coefficient (Wildman–Crippen LogP) is 2.57. The van der Waals surface area contributed by atoms with E-state index in [1.54, 1.807) is 6.92 Å². The van der Waals surface area contributed by atoms with Gasteiger partial charge in [0, 0.05) is 18.0 Å². The van der Waals surface area contributed by atoms with E-state index in [1.807, 2.05) is 0 Å². The summed E-state index contributed by atoms with van der Waals surface area (Å²) in [5.74, 6) is -1.25. The number of nitrogens with one attached hydrogen (secondary N) is 1. The van der Waals surface area contributed by atoms with E-state index in [0.717, 1.165) is 6.07 Å². The first-order chi connectivity index (χ1) is 8.11. The molecular weight excluding hydrogens is 228 g/mol. The standard InChI is InChI=1S/C12H13F2NO2/c1-2-17-12(16)15-11-6-9(11)8-4-3-7(13)5-10(8)14/h3-5,9,11H,2,6H2,1H3,(H,15,16). The van der Waals surface area contributed by atoms with Crippen molar-refractivity contribution in [2.75, 3.05) is 6.61 Å². The number of carbonyl (C=O) groups excluding carboxylic acids is 1. The SMILES string of the molecule is CCOC(=O)NC1CC1c1ccc(F)cc1F. The van der Waals surface area contributed by atoms with E-state index in [-0.39, 0.29) is 12.0 Å². The van der Waals surface area contributed by atoms with E-state index in [4.69, 9.17) is 4.74 Å². The molecule has 1 aromatic rings. The highest BCUT2D eigenvalue weighted by atomic mass is 19.1. The number of halogens is 2. The molecule has 17 heavy (non-hydrogen) atoms. The van der Waals surface area contributed by atoms with Crippen LogP contribution in [0.4, 0.5) is 13.6 Å². The second-order valence-corrected chi connectivity index (χ2v) is 3.98. The van der Waals surface area contributed by atoms with Gasteiger partial charge in [-0.2, -0.15) is 0 Å². The van der Waals surface area contributed by atoms with Crippen molar-refractivity contribution in [2.24, 2.45) is 0 Å². The molecule has 0 radical (unpaired) electrons. The summed E-state index contributed by atoms with van der Waals surface area (Å²) in [6, 6.07) is 3.38. The maximum absolute atomic E-state index is 13.4. The number of benzene rings is 1. The average Bonchev–Trinajstić information content (AvgIpc) is 2.97. The van der Waals surface area contributed by atoms with Crippen molar-refractivity contribution in [1.82, 2.24) is 5.32 Å². The van der Waals surface area contributed by atoms with Gasteiger partial charge in [0.05, 0.1) is 6.61 Å². The summed E-state index contributed by atoms with van der Waals surface area (Å²) in [6.07, 6.45) is 0.156. The van der Waals surface area contributed by atoms with Crippen LogP contribution < -0.4 is 5.32 Å². The molecule has 2 rings (SSSR count). The normalized spacial score (nSPS) is 22.1. The van der Waals surface area contributed by atoms with Crippen LogP contribution in [0.15, 0.2) is 18.2 Å². The zero-order valence-electron chi connectivity index (χ0n) is 9.37. The van der Waals surface area contributed by atoms with Crippen molar-refractivity contribution >= 4 is 6.09 Å². The first-order valence-electron chi connectivity index (χ1n) is 5.50. The molecule has 3 nitrogen and oxygen atoms in total. The Kier molecular flexibility index (Phi) is 3.26. The molecule has 1 saturated carbocycles. The molecule has 1 N–H and O–H groups in total. The molecule has 1 aromatic carbocycles. The lowest BCUT2D eigenvalue weighted by Crippen LogP contribution is -2.27. The highest BCUT2D eigenvalue weighted by Crippen LogP contribution is 2.41. The molecule has 0 aliphatic heterocycles. The molecule has 0 heterocycles. The predicted molar refractivity (Wildman–Crippen MR) is 57.7 cm³/mol. The van der Waals surface area contributed by atoms with Crippen LogP contribution in [0.1, 0.15) is 24.8 Å². The van der Waals surface area contributed by atoms with Gasteiger partial charge in [0.1, 0.15) is 11.6 Å². The Bertz CT molecular complexity index is 437. The molecule has 1 amide bonds. The van der Waals surface area contributed by atoms with Gasteiger partial charge >= 0.3 is 6.09 Å². The lowest BCUT2D eigenvalue weighted by atomic mass is 10.1. The van der Waals surface area contributed by atoms with Gasteiger partial charge in [-0.15, -0.1) is 0 Å². The molecule has 0 spiro atoms. The third-order valence-corrected chi connectivity index (χ3v) is 2.73. The van der Waals surface area contributed by atoms with Crippen molar-refractivity contribution in [3.8, 4) is 0 Å². The number of hydrogen-bond acceptors (Lipinski definition) is 2. The highest BCUT2D eigenvalue weighted by molar-refractivity contribution is 5.68. The van der Waals surface area contributed by atoms with Crippen LogP contribution in [0.3, 0.4) is 0 Å². The lowest BCUT2D eigenvalue weighted by molar-refractivity contribution is 0.151. The fourth-order valence-corrected chi connectivity index (χ4v) is 1.82. The summed E-state index contributed by atoms with van der Waals surface area (Å²) in [7, 11) is 0. The van der Waals surface area contributed by atoms with Crippen LogP contribution >= 0.6 is 0 Å². The summed E-state index contributed by atoms with van der Waals surface area (Å²) >= 11 is 0. The number of ether oxygens (including phenoxy) is 1.